The number of halogens is 3. The van der Waals surface area contributed by atoms with E-state index in [0.29, 0.717) is 11.4 Å². The first-order valence-electron chi connectivity index (χ1n) is 8.25. The number of Topliss-reactive ketones (excluding diaryl/α,β-unsaturated/α-hetero) is 1. The van der Waals surface area contributed by atoms with Crippen LogP contribution in [0, 0.1) is 6.92 Å². The number of carbonyl (C=O) groups excluding carboxylic acids is 2. The van der Waals surface area contributed by atoms with Crippen molar-refractivity contribution in [3.05, 3.63) is 64.7 Å². The molecule has 12 heteroatoms. The molecule has 3 aromatic rings. The minimum atomic E-state index is -5.31. The van der Waals surface area contributed by atoms with Gasteiger partial charge in [-0.3, -0.25) is 4.79 Å². The largest absolute Gasteiger partial charge is 0.491 e. The zero-order valence-electron chi connectivity index (χ0n) is 15.2. The highest BCUT2D eigenvalue weighted by Gasteiger charge is 2.42. The number of hydrogen-bond acceptors (Lipinski definition) is 8. The highest BCUT2D eigenvalue weighted by molar-refractivity contribution is 5.98. The molecular formula is C18H12F3N4O5+. The van der Waals surface area contributed by atoms with E-state index < -0.39 is 41.4 Å². The van der Waals surface area contributed by atoms with E-state index in [1.165, 1.54) is 31.7 Å². The molecule has 0 unspecified atom stereocenters. The molecule has 0 bridgehead atoms. The number of esters is 1. The Morgan fingerprint density at radius 1 is 1.23 bits per heavy atom. The predicted molar refractivity (Wildman–Crippen MR) is 91.2 cm³/mol. The fourth-order valence-electron chi connectivity index (χ4n) is 2.36. The summed E-state index contributed by atoms with van der Waals surface area (Å²) in [5.74, 6) is -4.12. The number of ether oxygens (including phenoxy) is 1. The van der Waals surface area contributed by atoms with Crippen LogP contribution >= 0.6 is 0 Å². The number of aryl methyl sites for hydroxylation is 1. The highest BCUT2D eigenvalue weighted by atomic mass is 19.4. The normalized spacial score (nSPS) is 11.2. The van der Waals surface area contributed by atoms with Crippen molar-refractivity contribution in [2.45, 2.75) is 19.6 Å². The number of hydrogen-bond donors (Lipinski definition) is 0. The smallest absolute Gasteiger partial charge is 0.427 e. The summed E-state index contributed by atoms with van der Waals surface area (Å²) in [5.41, 5.74) is -1.52. The molecule has 3 aromatic heterocycles. The summed E-state index contributed by atoms with van der Waals surface area (Å²) in [6.45, 7) is 0.724. The summed E-state index contributed by atoms with van der Waals surface area (Å²) >= 11 is 0. The molecule has 3 rings (SSSR count). The third-order valence-corrected chi connectivity index (χ3v) is 3.65. The van der Waals surface area contributed by atoms with Crippen LogP contribution in [0.4, 0.5) is 13.2 Å². The van der Waals surface area contributed by atoms with Crippen LogP contribution in [0.25, 0.3) is 11.4 Å². The lowest BCUT2D eigenvalue weighted by molar-refractivity contribution is -0.741. The van der Waals surface area contributed by atoms with Crippen molar-refractivity contribution in [2.24, 2.45) is 0 Å². The van der Waals surface area contributed by atoms with Crippen LogP contribution in [0.2, 0.25) is 0 Å². The number of carbonyl (C=O) groups is 2. The Morgan fingerprint density at radius 3 is 2.53 bits per heavy atom. The Labute approximate surface area is 165 Å². The molecule has 0 amide bonds. The third-order valence-electron chi connectivity index (χ3n) is 3.65. The SMILES string of the molecule is Cc1cc(OC(=O)C(F)(F)F)c(C(=O)C[n+]2ccc(-c3ncccn3)cn2)c(=O)o1. The summed E-state index contributed by atoms with van der Waals surface area (Å²) in [5, 5.41) is 3.99. The maximum Gasteiger partial charge on any atom is 0.491 e. The second-order valence-electron chi connectivity index (χ2n) is 5.88. The van der Waals surface area contributed by atoms with Crippen LogP contribution in [-0.4, -0.2) is 33.0 Å². The Morgan fingerprint density at radius 2 is 1.93 bits per heavy atom. The summed E-state index contributed by atoms with van der Waals surface area (Å²) in [7, 11) is 0. The number of rotatable bonds is 5. The van der Waals surface area contributed by atoms with Gasteiger partial charge in [-0.1, -0.05) is 4.68 Å². The van der Waals surface area contributed by atoms with Crippen molar-refractivity contribution >= 4 is 11.8 Å². The molecule has 0 aromatic carbocycles. The average molecular weight is 421 g/mol. The van der Waals surface area contributed by atoms with Crippen LogP contribution in [0.3, 0.4) is 0 Å². The topological polar surface area (TPSA) is 116 Å². The molecule has 0 radical (unpaired) electrons. The van der Waals surface area contributed by atoms with E-state index in [0.717, 1.165) is 10.7 Å². The van der Waals surface area contributed by atoms with Crippen molar-refractivity contribution < 1.29 is 36.6 Å². The quantitative estimate of drug-likeness (QED) is 0.345. The molecule has 0 aliphatic rings. The van der Waals surface area contributed by atoms with E-state index in [1.807, 2.05) is 0 Å². The molecule has 9 nitrogen and oxygen atoms in total. The van der Waals surface area contributed by atoms with Gasteiger partial charge in [0.05, 0.1) is 0 Å². The van der Waals surface area contributed by atoms with Gasteiger partial charge in [0, 0.05) is 30.1 Å². The van der Waals surface area contributed by atoms with Crippen LogP contribution in [0.15, 0.2) is 52.2 Å². The lowest BCUT2D eigenvalue weighted by atomic mass is 10.1. The van der Waals surface area contributed by atoms with Crippen molar-refractivity contribution in [1.82, 2.24) is 15.1 Å². The Bertz CT molecular complexity index is 1150. The maximum atomic E-state index is 12.5. The molecule has 0 atom stereocenters. The van der Waals surface area contributed by atoms with Crippen molar-refractivity contribution in [3.63, 3.8) is 0 Å². The summed E-state index contributed by atoms with van der Waals surface area (Å²) in [4.78, 5) is 43.8. The second-order valence-corrected chi connectivity index (χ2v) is 5.88. The molecule has 0 aliphatic heterocycles. The van der Waals surface area contributed by atoms with Crippen LogP contribution in [-0.2, 0) is 11.3 Å². The monoisotopic (exact) mass is 421 g/mol. The zero-order valence-corrected chi connectivity index (χ0v) is 15.2. The molecule has 0 saturated heterocycles. The predicted octanol–water partition coefficient (Wildman–Crippen LogP) is 1.44. The number of alkyl halides is 3. The molecule has 0 spiro atoms. The average Bonchev–Trinajstić information content (AvgIpc) is 2.68. The summed E-state index contributed by atoms with van der Waals surface area (Å²) < 4.78 is 47.6. The summed E-state index contributed by atoms with van der Waals surface area (Å²) in [6, 6.07) is 4.04. The minimum Gasteiger partial charge on any atom is -0.427 e. The Balaban J connectivity index is 1.86. The van der Waals surface area contributed by atoms with Gasteiger partial charge in [-0.05, 0) is 18.1 Å². The van der Waals surface area contributed by atoms with Crippen LogP contribution < -0.4 is 15.0 Å². The fourth-order valence-corrected chi connectivity index (χ4v) is 2.36. The van der Waals surface area contributed by atoms with E-state index in [4.69, 9.17) is 4.42 Å². The standard InChI is InChI=1S/C18H12F3N4O5/c1-10-7-13(30-17(28)18(19,20)21)14(16(27)29-10)12(26)9-25-6-3-11(8-24-25)15-22-4-2-5-23-15/h2-8H,9H2,1H3/q+1. The lowest BCUT2D eigenvalue weighted by Gasteiger charge is -2.09. The first-order chi connectivity index (χ1) is 14.1. The molecule has 30 heavy (non-hydrogen) atoms. The van der Waals surface area contributed by atoms with Gasteiger partial charge in [-0.2, -0.15) is 13.2 Å². The molecule has 3 heterocycles. The van der Waals surface area contributed by atoms with Crippen LogP contribution in [0.1, 0.15) is 16.1 Å². The number of nitrogens with zero attached hydrogens (tertiary/aromatic N) is 4. The number of ketones is 1. The highest BCUT2D eigenvalue weighted by Crippen LogP contribution is 2.23. The molecule has 0 saturated carbocycles. The van der Waals surface area contributed by atoms with Gasteiger partial charge in [-0.25, -0.2) is 19.6 Å². The Hall–Kier alpha value is -3.96. The minimum absolute atomic E-state index is 0.139. The van der Waals surface area contributed by atoms with Crippen molar-refractivity contribution in [3.8, 4) is 17.1 Å². The van der Waals surface area contributed by atoms with E-state index >= 15 is 0 Å². The van der Waals surface area contributed by atoms with Crippen molar-refractivity contribution in [1.29, 1.82) is 0 Å². The first-order valence-corrected chi connectivity index (χ1v) is 8.25. The van der Waals surface area contributed by atoms with Gasteiger partial charge < -0.3 is 9.15 Å². The van der Waals surface area contributed by atoms with E-state index in [9.17, 15) is 27.6 Å². The molecule has 0 N–H and O–H groups in total. The molecular weight excluding hydrogens is 409 g/mol. The van der Waals surface area contributed by atoms with Gasteiger partial charge >= 0.3 is 17.8 Å². The van der Waals surface area contributed by atoms with E-state index in [2.05, 4.69) is 19.8 Å². The fraction of sp³-hybridized carbons (Fsp3) is 0.167. The van der Waals surface area contributed by atoms with Gasteiger partial charge in [-0.15, -0.1) is 0 Å². The number of aromatic nitrogens is 4. The van der Waals surface area contributed by atoms with Gasteiger partial charge in [0.2, 0.25) is 12.3 Å². The first kappa shape index (κ1) is 20.8. The van der Waals surface area contributed by atoms with Crippen LogP contribution in [0.5, 0.6) is 5.75 Å². The van der Waals surface area contributed by atoms with Gasteiger partial charge in [0.25, 0.3) is 0 Å². The second kappa shape index (κ2) is 8.19. The van der Waals surface area contributed by atoms with Gasteiger partial charge in [0.15, 0.2) is 23.3 Å². The van der Waals surface area contributed by atoms with E-state index in [1.54, 1.807) is 12.1 Å². The third kappa shape index (κ3) is 4.71. The maximum absolute atomic E-state index is 12.5. The molecule has 154 valence electrons. The zero-order chi connectivity index (χ0) is 21.9. The summed E-state index contributed by atoms with van der Waals surface area (Å²) in [6.07, 6.45) is 0.516. The molecule has 0 fully saturated rings. The molecule has 0 aliphatic carbocycles. The Kier molecular flexibility index (Phi) is 5.67. The van der Waals surface area contributed by atoms with Gasteiger partial charge in [0.1, 0.15) is 12.0 Å². The van der Waals surface area contributed by atoms with Crippen molar-refractivity contribution in [2.75, 3.05) is 0 Å². The van der Waals surface area contributed by atoms with E-state index in [-0.39, 0.29) is 5.76 Å². The lowest BCUT2D eigenvalue weighted by Crippen LogP contribution is -2.42.